The lowest BCUT2D eigenvalue weighted by Crippen LogP contribution is -2.26. The SMILES string of the molecule is c1ccc(-c2cccc(N(c3ccccc3)c3cccc(N(c4cccc(N(c5ccccc5)c5ccccc5)c4)c4cccc5c4-c4ccccc4C54c5ccccc5-c5ccccc54)c3)c2)cc1. The van der Waals surface area contributed by atoms with Crippen molar-refractivity contribution >= 4 is 51.2 Å². The molecule has 0 aromatic heterocycles. The fraction of sp³-hybridized carbons (Fsp3) is 0.0149. The van der Waals surface area contributed by atoms with E-state index in [4.69, 9.17) is 0 Å². The summed E-state index contributed by atoms with van der Waals surface area (Å²) >= 11 is 0. The van der Waals surface area contributed by atoms with E-state index in [0.717, 1.165) is 56.7 Å². The predicted molar refractivity (Wildman–Crippen MR) is 292 cm³/mol. The van der Waals surface area contributed by atoms with Crippen LogP contribution in [-0.4, -0.2) is 0 Å². The first kappa shape index (κ1) is 41.0. The fourth-order valence-corrected chi connectivity index (χ4v) is 11.4. The second-order valence-corrected chi connectivity index (χ2v) is 18.1. The van der Waals surface area contributed by atoms with Gasteiger partial charge in [-0.05, 0) is 141 Å². The van der Waals surface area contributed by atoms with Crippen LogP contribution in [0.3, 0.4) is 0 Å². The summed E-state index contributed by atoms with van der Waals surface area (Å²) in [6.07, 6.45) is 0. The summed E-state index contributed by atoms with van der Waals surface area (Å²) in [7, 11) is 0. The second kappa shape index (κ2) is 17.2. The predicted octanol–water partition coefficient (Wildman–Crippen LogP) is 18.1. The van der Waals surface area contributed by atoms with Gasteiger partial charge in [-0.3, -0.25) is 0 Å². The number of benzene rings is 11. The molecule has 0 aliphatic heterocycles. The van der Waals surface area contributed by atoms with Crippen molar-refractivity contribution in [2.75, 3.05) is 14.7 Å². The zero-order valence-corrected chi connectivity index (χ0v) is 38.5. The van der Waals surface area contributed by atoms with Gasteiger partial charge in [0.25, 0.3) is 0 Å². The highest BCUT2D eigenvalue weighted by Crippen LogP contribution is 2.64. The number of hydrogen-bond donors (Lipinski definition) is 0. The van der Waals surface area contributed by atoms with E-state index in [1.165, 1.54) is 50.1 Å². The van der Waals surface area contributed by atoms with Gasteiger partial charge in [0.05, 0.1) is 11.1 Å². The summed E-state index contributed by atoms with van der Waals surface area (Å²) in [4.78, 5) is 7.22. The average Bonchev–Trinajstić information content (AvgIpc) is 3.91. The normalized spacial score (nSPS) is 12.4. The maximum absolute atomic E-state index is 2.49. The van der Waals surface area contributed by atoms with Crippen LogP contribution in [0.1, 0.15) is 22.3 Å². The Balaban J connectivity index is 1.06. The summed E-state index contributed by atoms with van der Waals surface area (Å²) in [5.41, 5.74) is 21.8. The van der Waals surface area contributed by atoms with E-state index in [1.54, 1.807) is 0 Å². The molecule has 0 fully saturated rings. The molecule has 0 saturated heterocycles. The molecule has 11 aromatic carbocycles. The summed E-state index contributed by atoms with van der Waals surface area (Å²) in [6.45, 7) is 0. The van der Waals surface area contributed by atoms with Crippen LogP contribution < -0.4 is 14.7 Å². The topological polar surface area (TPSA) is 9.72 Å². The number of rotatable bonds is 10. The van der Waals surface area contributed by atoms with Crippen LogP contribution in [0, 0.1) is 0 Å². The molecule has 0 unspecified atom stereocenters. The van der Waals surface area contributed by atoms with Crippen LogP contribution in [0.25, 0.3) is 33.4 Å². The van der Waals surface area contributed by atoms with Crippen molar-refractivity contribution < 1.29 is 0 Å². The number of fused-ring (bicyclic) bond motifs is 10. The van der Waals surface area contributed by atoms with E-state index in [-0.39, 0.29) is 0 Å². The van der Waals surface area contributed by atoms with Gasteiger partial charge in [0.15, 0.2) is 0 Å². The summed E-state index contributed by atoms with van der Waals surface area (Å²) in [6, 6.07) is 104. The van der Waals surface area contributed by atoms with Gasteiger partial charge in [0.2, 0.25) is 0 Å². The van der Waals surface area contributed by atoms with E-state index >= 15 is 0 Å². The van der Waals surface area contributed by atoms with Crippen LogP contribution in [-0.2, 0) is 5.41 Å². The van der Waals surface area contributed by atoms with E-state index in [2.05, 4.69) is 300 Å². The highest BCUT2D eigenvalue weighted by molar-refractivity contribution is 6.01. The summed E-state index contributed by atoms with van der Waals surface area (Å²) in [5.74, 6) is 0. The Labute approximate surface area is 410 Å². The molecule has 0 bridgehead atoms. The Morgan fingerprint density at radius 2 is 0.543 bits per heavy atom. The molecule has 11 aromatic rings. The molecule has 0 radical (unpaired) electrons. The zero-order valence-electron chi connectivity index (χ0n) is 38.5. The van der Waals surface area contributed by atoms with Crippen LogP contribution in [0.2, 0.25) is 0 Å². The van der Waals surface area contributed by atoms with E-state index in [0.29, 0.717) is 0 Å². The van der Waals surface area contributed by atoms with Gasteiger partial charge in [0.1, 0.15) is 0 Å². The second-order valence-electron chi connectivity index (χ2n) is 18.1. The Bertz CT molecular complexity index is 3600. The third kappa shape index (κ3) is 6.66. The maximum atomic E-state index is 2.49. The first-order valence-corrected chi connectivity index (χ1v) is 24.1. The van der Waals surface area contributed by atoms with Gasteiger partial charge < -0.3 is 14.7 Å². The van der Waals surface area contributed by atoms with Crippen molar-refractivity contribution in [1.82, 2.24) is 0 Å². The van der Waals surface area contributed by atoms with Crippen molar-refractivity contribution in [2.24, 2.45) is 0 Å². The minimum absolute atomic E-state index is 0.490. The molecule has 0 heterocycles. The zero-order chi connectivity index (χ0) is 46.4. The van der Waals surface area contributed by atoms with Crippen molar-refractivity contribution in [3.63, 3.8) is 0 Å². The molecule has 0 saturated carbocycles. The van der Waals surface area contributed by atoms with Crippen LogP contribution >= 0.6 is 0 Å². The number of nitrogens with zero attached hydrogens (tertiary/aromatic N) is 3. The molecule has 3 heteroatoms. The highest BCUT2D eigenvalue weighted by atomic mass is 15.2. The quantitative estimate of drug-likeness (QED) is 0.135. The molecular formula is C67H47N3. The van der Waals surface area contributed by atoms with E-state index in [9.17, 15) is 0 Å². The molecule has 2 aliphatic rings. The maximum Gasteiger partial charge on any atom is 0.0726 e. The van der Waals surface area contributed by atoms with Crippen molar-refractivity contribution in [2.45, 2.75) is 5.41 Å². The molecule has 1 spiro atoms. The Morgan fingerprint density at radius 3 is 1.06 bits per heavy atom. The largest absolute Gasteiger partial charge is 0.310 e. The van der Waals surface area contributed by atoms with Crippen molar-refractivity contribution in [3.8, 4) is 33.4 Å². The minimum Gasteiger partial charge on any atom is -0.310 e. The lowest BCUT2D eigenvalue weighted by molar-refractivity contribution is 0.794. The van der Waals surface area contributed by atoms with Gasteiger partial charge in [-0.1, -0.05) is 194 Å². The molecule has 2 aliphatic carbocycles. The van der Waals surface area contributed by atoms with Crippen LogP contribution in [0.4, 0.5) is 51.2 Å². The average molecular weight is 894 g/mol. The standard InChI is InChI=1S/C67H47N3/c1-5-23-48(24-6-1)49-25-19-32-53(45-49)69(52-30-11-4-12-31-52)55-34-21-36-57(47-55)70(56-35-20-33-54(46-56)68(50-26-7-2-8-27-50)51-28-9-3-10-29-51)65-44-22-43-64-66(65)60-39-15-18-42-63(60)67(64)61-40-16-13-37-58(61)59-38-14-17-41-62(59)67/h1-47H. The molecule has 13 rings (SSSR count). The molecule has 70 heavy (non-hydrogen) atoms. The van der Waals surface area contributed by atoms with E-state index < -0.39 is 5.41 Å². The Morgan fingerprint density at radius 1 is 0.214 bits per heavy atom. The molecule has 3 nitrogen and oxygen atoms in total. The Kier molecular flexibility index (Phi) is 10.1. The smallest absolute Gasteiger partial charge is 0.0726 e. The first-order chi connectivity index (χ1) is 34.8. The molecule has 0 atom stereocenters. The number of para-hydroxylation sites is 3. The van der Waals surface area contributed by atoms with Gasteiger partial charge >= 0.3 is 0 Å². The molecule has 330 valence electrons. The first-order valence-electron chi connectivity index (χ1n) is 24.1. The third-order valence-corrected chi connectivity index (χ3v) is 14.2. The van der Waals surface area contributed by atoms with Gasteiger partial charge in [0, 0.05) is 51.1 Å². The van der Waals surface area contributed by atoms with Crippen LogP contribution in [0.5, 0.6) is 0 Å². The third-order valence-electron chi connectivity index (χ3n) is 14.2. The number of anilines is 9. The van der Waals surface area contributed by atoms with Gasteiger partial charge in [-0.2, -0.15) is 0 Å². The van der Waals surface area contributed by atoms with Crippen molar-refractivity contribution in [3.05, 3.63) is 307 Å². The molecular weight excluding hydrogens is 847 g/mol. The monoisotopic (exact) mass is 893 g/mol. The van der Waals surface area contributed by atoms with Crippen LogP contribution in [0.15, 0.2) is 285 Å². The number of hydrogen-bond acceptors (Lipinski definition) is 3. The molecule has 0 amide bonds. The minimum atomic E-state index is -0.490. The van der Waals surface area contributed by atoms with Crippen molar-refractivity contribution in [1.29, 1.82) is 0 Å². The highest BCUT2D eigenvalue weighted by Gasteiger charge is 2.52. The summed E-state index contributed by atoms with van der Waals surface area (Å²) in [5, 5.41) is 0. The van der Waals surface area contributed by atoms with Gasteiger partial charge in [-0.15, -0.1) is 0 Å². The lowest BCUT2D eigenvalue weighted by Gasteiger charge is -2.33. The van der Waals surface area contributed by atoms with E-state index in [1.807, 2.05) is 0 Å². The lowest BCUT2D eigenvalue weighted by atomic mass is 9.70. The van der Waals surface area contributed by atoms with Gasteiger partial charge in [-0.25, -0.2) is 0 Å². The molecule has 0 N–H and O–H groups in total. The Hall–Kier alpha value is -9.18. The summed E-state index contributed by atoms with van der Waals surface area (Å²) < 4.78 is 0. The fourth-order valence-electron chi connectivity index (χ4n) is 11.4.